The first-order valence-electron chi connectivity index (χ1n) is 6.49. The number of morpholine rings is 1. The minimum atomic E-state index is -0.0759. The number of fused-ring (bicyclic) bond motifs is 1. The Morgan fingerprint density at radius 1 is 1.63 bits per heavy atom. The van der Waals surface area contributed by atoms with Crippen molar-refractivity contribution in [2.75, 3.05) is 25.4 Å². The molecule has 2 fully saturated rings. The molecule has 1 amide bonds. The first-order chi connectivity index (χ1) is 9.11. The molecule has 3 rings (SSSR count). The molecule has 19 heavy (non-hydrogen) atoms. The number of nitrogens with two attached hydrogens (primary N) is 1. The number of anilines is 1. The summed E-state index contributed by atoms with van der Waals surface area (Å²) in [6, 6.07) is 0.628. The Labute approximate surface area is 115 Å². The van der Waals surface area contributed by atoms with Crippen LogP contribution in [-0.4, -0.2) is 53.7 Å². The monoisotopic (exact) mass is 282 g/mol. The van der Waals surface area contributed by atoms with Crippen LogP contribution in [0.25, 0.3) is 0 Å². The lowest BCUT2D eigenvalue weighted by Gasteiger charge is -2.33. The van der Waals surface area contributed by atoms with E-state index < -0.39 is 0 Å². The van der Waals surface area contributed by atoms with Crippen molar-refractivity contribution in [3.8, 4) is 0 Å². The molecular formula is C12H18N4O2S. The second kappa shape index (κ2) is 5.07. The summed E-state index contributed by atoms with van der Waals surface area (Å²) in [5, 5.41) is 3.49. The highest BCUT2D eigenvalue weighted by atomic mass is 32.1. The predicted octanol–water partition coefficient (Wildman–Crippen LogP) is 0.317. The van der Waals surface area contributed by atoms with Crippen LogP contribution >= 0.6 is 11.3 Å². The van der Waals surface area contributed by atoms with Crippen LogP contribution in [0, 0.1) is 0 Å². The van der Waals surface area contributed by atoms with Gasteiger partial charge in [0.25, 0.3) is 5.91 Å². The molecule has 7 heteroatoms. The van der Waals surface area contributed by atoms with Gasteiger partial charge in [-0.05, 0) is 13.3 Å². The van der Waals surface area contributed by atoms with E-state index in [2.05, 4.69) is 22.1 Å². The van der Waals surface area contributed by atoms with E-state index in [4.69, 9.17) is 10.5 Å². The Morgan fingerprint density at radius 2 is 2.47 bits per heavy atom. The van der Waals surface area contributed by atoms with Crippen LogP contribution < -0.4 is 11.1 Å². The van der Waals surface area contributed by atoms with E-state index in [9.17, 15) is 4.79 Å². The van der Waals surface area contributed by atoms with Crippen molar-refractivity contribution >= 4 is 22.4 Å². The number of thiazole rings is 1. The van der Waals surface area contributed by atoms with E-state index in [1.54, 1.807) is 0 Å². The van der Waals surface area contributed by atoms with Crippen LogP contribution in [0.4, 0.5) is 5.13 Å². The summed E-state index contributed by atoms with van der Waals surface area (Å²) in [5.74, 6) is -0.0759. The van der Waals surface area contributed by atoms with Gasteiger partial charge in [0.1, 0.15) is 4.88 Å². The molecule has 3 heterocycles. The molecule has 2 saturated heterocycles. The highest BCUT2D eigenvalue weighted by Crippen LogP contribution is 2.23. The van der Waals surface area contributed by atoms with Gasteiger partial charge < -0.3 is 15.8 Å². The maximum Gasteiger partial charge on any atom is 0.263 e. The van der Waals surface area contributed by atoms with Crippen molar-refractivity contribution < 1.29 is 9.53 Å². The fourth-order valence-electron chi connectivity index (χ4n) is 2.79. The average molecular weight is 282 g/mol. The lowest BCUT2D eigenvalue weighted by molar-refractivity contribution is -0.0390. The van der Waals surface area contributed by atoms with Gasteiger partial charge in [0.15, 0.2) is 5.13 Å². The van der Waals surface area contributed by atoms with Gasteiger partial charge in [-0.2, -0.15) is 0 Å². The van der Waals surface area contributed by atoms with Gasteiger partial charge in [0.05, 0.1) is 18.9 Å². The fraction of sp³-hybridized carbons (Fsp3) is 0.667. The highest BCUT2D eigenvalue weighted by molar-refractivity contribution is 7.17. The molecule has 3 atom stereocenters. The van der Waals surface area contributed by atoms with Gasteiger partial charge in [0, 0.05) is 25.2 Å². The Kier molecular flexibility index (Phi) is 3.42. The zero-order valence-corrected chi connectivity index (χ0v) is 11.7. The molecule has 0 radical (unpaired) electrons. The van der Waals surface area contributed by atoms with E-state index in [1.165, 1.54) is 17.5 Å². The quantitative estimate of drug-likeness (QED) is 0.816. The van der Waals surface area contributed by atoms with E-state index in [0.29, 0.717) is 16.1 Å². The SMILES string of the molecule is C[C@H]1CN2C[C@@H](NC(=O)c3cnc(N)s3)C[C@H]2CO1. The summed E-state index contributed by atoms with van der Waals surface area (Å²) in [7, 11) is 0. The molecule has 2 aliphatic heterocycles. The molecule has 1 aromatic heterocycles. The summed E-state index contributed by atoms with van der Waals surface area (Å²) in [6.45, 7) is 4.70. The molecule has 0 unspecified atom stereocenters. The number of nitrogens with one attached hydrogen (secondary N) is 1. The van der Waals surface area contributed by atoms with Gasteiger partial charge in [-0.25, -0.2) is 4.98 Å². The Morgan fingerprint density at radius 3 is 3.21 bits per heavy atom. The van der Waals surface area contributed by atoms with Gasteiger partial charge in [0.2, 0.25) is 0 Å². The van der Waals surface area contributed by atoms with Crippen LogP contribution in [0.5, 0.6) is 0 Å². The molecule has 0 saturated carbocycles. The minimum absolute atomic E-state index is 0.0759. The normalized spacial score (nSPS) is 31.1. The van der Waals surface area contributed by atoms with Crippen molar-refractivity contribution in [2.45, 2.75) is 31.5 Å². The zero-order valence-electron chi connectivity index (χ0n) is 10.8. The molecule has 0 bridgehead atoms. The highest BCUT2D eigenvalue weighted by Gasteiger charge is 2.36. The van der Waals surface area contributed by atoms with Gasteiger partial charge >= 0.3 is 0 Å². The van der Waals surface area contributed by atoms with E-state index in [-0.39, 0.29) is 18.1 Å². The number of carbonyl (C=O) groups excluding carboxylic acids is 1. The third-order valence-electron chi connectivity index (χ3n) is 3.68. The number of hydrogen-bond donors (Lipinski definition) is 2. The third-order valence-corrected chi connectivity index (χ3v) is 4.50. The molecule has 3 N–H and O–H groups in total. The summed E-state index contributed by atoms with van der Waals surface area (Å²) < 4.78 is 5.65. The van der Waals surface area contributed by atoms with Gasteiger partial charge in [-0.15, -0.1) is 0 Å². The largest absolute Gasteiger partial charge is 0.376 e. The van der Waals surface area contributed by atoms with E-state index in [0.717, 1.165) is 26.1 Å². The Hall–Kier alpha value is -1.18. The average Bonchev–Trinajstić information content (AvgIpc) is 2.94. The van der Waals surface area contributed by atoms with Crippen molar-refractivity contribution in [1.82, 2.24) is 15.2 Å². The van der Waals surface area contributed by atoms with Crippen LogP contribution in [0.1, 0.15) is 23.0 Å². The smallest absolute Gasteiger partial charge is 0.263 e. The molecule has 6 nitrogen and oxygen atoms in total. The van der Waals surface area contributed by atoms with E-state index in [1.807, 2.05) is 0 Å². The predicted molar refractivity (Wildman–Crippen MR) is 73.2 cm³/mol. The second-order valence-corrected chi connectivity index (χ2v) is 6.28. The van der Waals surface area contributed by atoms with Crippen LogP contribution in [0.2, 0.25) is 0 Å². The summed E-state index contributed by atoms with van der Waals surface area (Å²) in [5.41, 5.74) is 5.54. The maximum atomic E-state index is 12.0. The molecule has 104 valence electrons. The number of rotatable bonds is 2. The third kappa shape index (κ3) is 2.72. The Bertz CT molecular complexity index is 478. The minimum Gasteiger partial charge on any atom is -0.376 e. The van der Waals surface area contributed by atoms with Crippen molar-refractivity contribution in [1.29, 1.82) is 0 Å². The molecular weight excluding hydrogens is 264 g/mol. The molecule has 0 spiro atoms. The maximum absolute atomic E-state index is 12.0. The Balaban J connectivity index is 1.58. The number of carbonyl (C=O) groups is 1. The lowest BCUT2D eigenvalue weighted by atomic mass is 10.1. The molecule has 0 aliphatic carbocycles. The van der Waals surface area contributed by atoms with Gasteiger partial charge in [-0.3, -0.25) is 9.69 Å². The standard InChI is InChI=1S/C12H18N4O2S/c1-7-4-16-5-8(2-9(16)6-18-7)15-11(17)10-3-14-12(13)19-10/h3,7-9H,2,4-6H2,1H3,(H2,13,14)(H,15,17)/t7-,8-,9-/m0/s1. The summed E-state index contributed by atoms with van der Waals surface area (Å²) >= 11 is 1.22. The van der Waals surface area contributed by atoms with Crippen molar-refractivity contribution in [2.24, 2.45) is 0 Å². The molecule has 0 aromatic carbocycles. The van der Waals surface area contributed by atoms with Crippen LogP contribution in [0.3, 0.4) is 0 Å². The van der Waals surface area contributed by atoms with Gasteiger partial charge in [-0.1, -0.05) is 11.3 Å². The van der Waals surface area contributed by atoms with Crippen LogP contribution in [-0.2, 0) is 4.74 Å². The summed E-state index contributed by atoms with van der Waals surface area (Å²) in [4.78, 5) is 18.9. The number of hydrogen-bond acceptors (Lipinski definition) is 6. The van der Waals surface area contributed by atoms with Crippen LogP contribution in [0.15, 0.2) is 6.20 Å². The zero-order chi connectivity index (χ0) is 13.4. The first-order valence-corrected chi connectivity index (χ1v) is 7.31. The number of ether oxygens (including phenoxy) is 1. The second-order valence-electron chi connectivity index (χ2n) is 5.22. The first kappa shape index (κ1) is 12.8. The topological polar surface area (TPSA) is 80.5 Å². The van der Waals surface area contributed by atoms with E-state index >= 15 is 0 Å². The lowest BCUT2D eigenvalue weighted by Crippen LogP contribution is -2.45. The number of aromatic nitrogens is 1. The van der Waals surface area contributed by atoms with Crippen molar-refractivity contribution in [3.05, 3.63) is 11.1 Å². The van der Waals surface area contributed by atoms with Crippen molar-refractivity contribution in [3.63, 3.8) is 0 Å². The number of amides is 1. The number of nitrogen functional groups attached to an aromatic ring is 1. The molecule has 2 aliphatic rings. The number of nitrogens with zero attached hydrogens (tertiary/aromatic N) is 2. The fourth-order valence-corrected chi connectivity index (χ4v) is 3.38. The molecule has 1 aromatic rings. The summed E-state index contributed by atoms with van der Waals surface area (Å²) in [6.07, 6.45) is 2.77.